The molecule has 0 radical (unpaired) electrons. The predicted octanol–water partition coefficient (Wildman–Crippen LogP) is 1.92. The Balaban J connectivity index is 2.43. The van der Waals surface area contributed by atoms with Gasteiger partial charge in [0.1, 0.15) is 0 Å². The van der Waals surface area contributed by atoms with Crippen molar-refractivity contribution in [2.45, 2.75) is 40.5 Å². The highest BCUT2D eigenvalue weighted by Crippen LogP contribution is 2.13. The number of rotatable bonds is 4. The number of tetrazole rings is 1. The first-order valence-corrected chi connectivity index (χ1v) is 6.12. The zero-order valence-electron chi connectivity index (χ0n) is 10.9. The highest BCUT2D eigenvalue weighted by Gasteiger charge is 2.12. The van der Waals surface area contributed by atoms with E-state index in [1.165, 1.54) is 0 Å². The lowest BCUT2D eigenvalue weighted by Gasteiger charge is -2.09. The highest BCUT2D eigenvalue weighted by atomic mass is 15.5. The van der Waals surface area contributed by atoms with Crippen molar-refractivity contribution in [2.75, 3.05) is 0 Å². The summed E-state index contributed by atoms with van der Waals surface area (Å²) in [4.78, 5) is 4.51. The van der Waals surface area contributed by atoms with Crippen molar-refractivity contribution in [3.8, 4) is 0 Å². The smallest absolute Gasteiger partial charge is 0.200 e. The summed E-state index contributed by atoms with van der Waals surface area (Å²) < 4.78 is 1.82. The average Bonchev–Trinajstić information content (AvgIpc) is 2.69. The molecule has 0 amide bonds. The van der Waals surface area contributed by atoms with Crippen LogP contribution >= 0.6 is 0 Å². The summed E-state index contributed by atoms with van der Waals surface area (Å²) in [6.07, 6.45) is 3.75. The Kier molecular flexibility index (Phi) is 3.36. The van der Waals surface area contributed by atoms with Crippen molar-refractivity contribution >= 4 is 5.65 Å². The van der Waals surface area contributed by atoms with Crippen LogP contribution in [-0.2, 0) is 12.8 Å². The largest absolute Gasteiger partial charge is 0.255 e. The molecule has 2 aromatic heterocycles. The normalized spacial score (nSPS) is 11.9. The lowest BCUT2D eigenvalue weighted by Crippen LogP contribution is -2.08. The third-order valence-corrected chi connectivity index (χ3v) is 2.59. The molecule has 17 heavy (non-hydrogen) atoms. The van der Waals surface area contributed by atoms with Crippen molar-refractivity contribution in [3.63, 3.8) is 0 Å². The summed E-state index contributed by atoms with van der Waals surface area (Å²) in [5, 5.41) is 11.9. The standard InChI is InChI=1S/C12H19N5/c1-8(2)5-10-7-13-11(6-9(3)4)12-14-15-16-17(10)12/h7-9H,5-6H2,1-4H3. The molecule has 0 fully saturated rings. The van der Waals surface area contributed by atoms with Gasteiger partial charge in [0.2, 0.25) is 5.65 Å². The van der Waals surface area contributed by atoms with Crippen LogP contribution in [0, 0.1) is 11.8 Å². The lowest BCUT2D eigenvalue weighted by atomic mass is 10.1. The third kappa shape index (κ3) is 2.60. The van der Waals surface area contributed by atoms with Gasteiger partial charge in [0.15, 0.2) is 0 Å². The molecule has 0 bridgehead atoms. The van der Waals surface area contributed by atoms with Crippen molar-refractivity contribution < 1.29 is 0 Å². The number of nitrogens with zero attached hydrogens (tertiary/aromatic N) is 5. The first-order chi connectivity index (χ1) is 8.08. The zero-order chi connectivity index (χ0) is 12.4. The molecule has 2 aromatic rings. The summed E-state index contributed by atoms with van der Waals surface area (Å²) in [6, 6.07) is 0. The Morgan fingerprint density at radius 1 is 1.12 bits per heavy atom. The molecule has 2 heterocycles. The quantitative estimate of drug-likeness (QED) is 0.809. The van der Waals surface area contributed by atoms with Crippen molar-refractivity contribution in [1.82, 2.24) is 25.0 Å². The first kappa shape index (κ1) is 12.0. The Labute approximate surface area is 101 Å². The van der Waals surface area contributed by atoms with Gasteiger partial charge < -0.3 is 0 Å². The van der Waals surface area contributed by atoms with Gasteiger partial charge in [-0.3, -0.25) is 4.98 Å². The monoisotopic (exact) mass is 233 g/mol. The van der Waals surface area contributed by atoms with Gasteiger partial charge in [0.05, 0.1) is 11.4 Å². The average molecular weight is 233 g/mol. The summed E-state index contributed by atoms with van der Waals surface area (Å²) >= 11 is 0. The highest BCUT2D eigenvalue weighted by molar-refractivity contribution is 5.42. The van der Waals surface area contributed by atoms with E-state index in [2.05, 4.69) is 48.2 Å². The van der Waals surface area contributed by atoms with E-state index in [4.69, 9.17) is 0 Å². The minimum absolute atomic E-state index is 0.555. The molecule has 2 rings (SSSR count). The lowest BCUT2D eigenvalue weighted by molar-refractivity contribution is 0.603. The number of fused-ring (bicyclic) bond motifs is 1. The molecule has 0 N–H and O–H groups in total. The van der Waals surface area contributed by atoms with E-state index in [-0.39, 0.29) is 0 Å². The fourth-order valence-electron chi connectivity index (χ4n) is 1.91. The molecule has 0 aliphatic rings. The predicted molar refractivity (Wildman–Crippen MR) is 65.7 cm³/mol. The van der Waals surface area contributed by atoms with Gasteiger partial charge in [-0.25, -0.2) is 0 Å². The van der Waals surface area contributed by atoms with Crippen LogP contribution in [0.2, 0.25) is 0 Å². The Hall–Kier alpha value is -1.52. The summed E-state index contributed by atoms with van der Waals surface area (Å²) in [5.74, 6) is 1.12. The molecule has 0 aliphatic carbocycles. The summed E-state index contributed by atoms with van der Waals surface area (Å²) in [5.41, 5.74) is 2.86. The van der Waals surface area contributed by atoms with Crippen molar-refractivity contribution in [2.24, 2.45) is 11.8 Å². The van der Waals surface area contributed by atoms with Crippen LogP contribution in [0.15, 0.2) is 6.20 Å². The fraction of sp³-hybridized carbons (Fsp3) is 0.667. The van der Waals surface area contributed by atoms with E-state index in [1.54, 1.807) is 0 Å². The number of aromatic nitrogens is 5. The van der Waals surface area contributed by atoms with Gasteiger partial charge in [-0.05, 0) is 35.1 Å². The van der Waals surface area contributed by atoms with Crippen LogP contribution in [0.1, 0.15) is 39.1 Å². The van der Waals surface area contributed by atoms with Crippen LogP contribution in [0.3, 0.4) is 0 Å². The third-order valence-electron chi connectivity index (χ3n) is 2.59. The SMILES string of the molecule is CC(C)Cc1ncc(CC(C)C)n2nnnc12. The van der Waals surface area contributed by atoms with Gasteiger partial charge in [0, 0.05) is 6.20 Å². The summed E-state index contributed by atoms with van der Waals surface area (Å²) in [7, 11) is 0. The van der Waals surface area contributed by atoms with E-state index >= 15 is 0 Å². The van der Waals surface area contributed by atoms with E-state index in [0.29, 0.717) is 11.8 Å². The van der Waals surface area contributed by atoms with Gasteiger partial charge in [-0.1, -0.05) is 27.7 Å². The molecule has 92 valence electrons. The molecule has 0 aromatic carbocycles. The van der Waals surface area contributed by atoms with Gasteiger partial charge in [-0.15, -0.1) is 5.10 Å². The maximum absolute atomic E-state index is 4.51. The minimum Gasteiger partial charge on any atom is -0.255 e. The molecule has 5 heteroatoms. The van der Waals surface area contributed by atoms with Gasteiger partial charge in [-0.2, -0.15) is 4.52 Å². The molecule has 0 spiro atoms. The Bertz CT molecular complexity index is 457. The number of hydrogen-bond acceptors (Lipinski definition) is 4. The topological polar surface area (TPSA) is 56.0 Å². The maximum Gasteiger partial charge on any atom is 0.200 e. The second-order valence-electron chi connectivity index (χ2n) is 5.31. The van der Waals surface area contributed by atoms with Crippen LogP contribution in [0.4, 0.5) is 0 Å². The van der Waals surface area contributed by atoms with Crippen LogP contribution in [0.5, 0.6) is 0 Å². The fourth-order valence-corrected chi connectivity index (χ4v) is 1.91. The van der Waals surface area contributed by atoms with Gasteiger partial charge >= 0.3 is 0 Å². The zero-order valence-corrected chi connectivity index (χ0v) is 10.9. The van der Waals surface area contributed by atoms with Crippen molar-refractivity contribution in [1.29, 1.82) is 0 Å². The van der Waals surface area contributed by atoms with E-state index in [1.807, 2.05) is 10.7 Å². The van der Waals surface area contributed by atoms with Crippen LogP contribution in [-0.4, -0.2) is 25.0 Å². The van der Waals surface area contributed by atoms with E-state index < -0.39 is 0 Å². The Morgan fingerprint density at radius 3 is 2.47 bits per heavy atom. The Morgan fingerprint density at radius 2 is 1.82 bits per heavy atom. The van der Waals surface area contributed by atoms with Crippen LogP contribution < -0.4 is 0 Å². The van der Waals surface area contributed by atoms with Crippen LogP contribution in [0.25, 0.3) is 5.65 Å². The van der Waals surface area contributed by atoms with Crippen molar-refractivity contribution in [3.05, 3.63) is 17.6 Å². The molecular weight excluding hydrogens is 214 g/mol. The summed E-state index contributed by atoms with van der Waals surface area (Å²) in [6.45, 7) is 8.70. The molecule has 0 aliphatic heterocycles. The molecule has 0 saturated carbocycles. The first-order valence-electron chi connectivity index (χ1n) is 6.12. The molecule has 0 atom stereocenters. The molecule has 0 saturated heterocycles. The number of hydrogen-bond donors (Lipinski definition) is 0. The second-order valence-corrected chi connectivity index (χ2v) is 5.31. The second kappa shape index (κ2) is 4.77. The van der Waals surface area contributed by atoms with E-state index in [9.17, 15) is 0 Å². The molecular formula is C12H19N5. The molecule has 0 unspecified atom stereocenters. The van der Waals surface area contributed by atoms with Gasteiger partial charge in [0.25, 0.3) is 0 Å². The maximum atomic E-state index is 4.51. The molecule has 5 nitrogen and oxygen atoms in total. The minimum atomic E-state index is 0.555. The van der Waals surface area contributed by atoms with E-state index in [0.717, 1.165) is 29.9 Å².